The van der Waals surface area contributed by atoms with Gasteiger partial charge >= 0.3 is 0 Å². The van der Waals surface area contributed by atoms with Crippen LogP contribution in [-0.2, 0) is 6.54 Å². The highest BCUT2D eigenvalue weighted by molar-refractivity contribution is 9.10. The molecule has 1 aromatic heterocycles. The molecular weight excluding hydrogens is 347 g/mol. The topological polar surface area (TPSA) is 82.2 Å². The standard InChI is InChI=1S/C13H8BrFN2O4/c14-11-5-10(17(20)21)6-16(13(11)19)7-12(18)8-1-3-9(15)4-2-8/h1-6H,7H2. The monoisotopic (exact) mass is 354 g/mol. The van der Waals surface area contributed by atoms with Crippen LogP contribution in [0.2, 0.25) is 0 Å². The molecule has 0 unspecified atom stereocenters. The van der Waals surface area contributed by atoms with E-state index in [-0.39, 0.29) is 22.3 Å². The van der Waals surface area contributed by atoms with Gasteiger partial charge in [0.25, 0.3) is 11.2 Å². The molecule has 0 saturated heterocycles. The van der Waals surface area contributed by atoms with Crippen molar-refractivity contribution in [3.63, 3.8) is 0 Å². The van der Waals surface area contributed by atoms with Gasteiger partial charge in [-0.05, 0) is 40.2 Å². The Labute approximate surface area is 126 Å². The molecule has 2 rings (SSSR count). The number of halogens is 2. The molecule has 0 saturated carbocycles. The number of carbonyl (C=O) groups is 1. The van der Waals surface area contributed by atoms with E-state index >= 15 is 0 Å². The molecule has 0 fully saturated rings. The van der Waals surface area contributed by atoms with Gasteiger partial charge in [-0.1, -0.05) is 0 Å². The van der Waals surface area contributed by atoms with Gasteiger partial charge in [-0.15, -0.1) is 0 Å². The van der Waals surface area contributed by atoms with Crippen LogP contribution in [0.3, 0.4) is 0 Å². The lowest BCUT2D eigenvalue weighted by molar-refractivity contribution is -0.385. The zero-order valence-electron chi connectivity index (χ0n) is 10.5. The fourth-order valence-electron chi connectivity index (χ4n) is 1.68. The SMILES string of the molecule is O=C(Cn1cc([N+](=O)[O-])cc(Br)c1=O)c1ccc(F)cc1. The Balaban J connectivity index is 2.35. The van der Waals surface area contributed by atoms with Crippen LogP contribution in [0.4, 0.5) is 10.1 Å². The van der Waals surface area contributed by atoms with Crippen LogP contribution in [0.25, 0.3) is 0 Å². The Morgan fingerprint density at radius 3 is 2.52 bits per heavy atom. The van der Waals surface area contributed by atoms with Crippen molar-refractivity contribution in [3.05, 3.63) is 72.9 Å². The van der Waals surface area contributed by atoms with Crippen LogP contribution in [-0.4, -0.2) is 15.3 Å². The van der Waals surface area contributed by atoms with E-state index in [1.165, 1.54) is 12.1 Å². The number of hydrogen-bond acceptors (Lipinski definition) is 4. The van der Waals surface area contributed by atoms with Crippen molar-refractivity contribution in [1.29, 1.82) is 0 Å². The maximum atomic E-state index is 12.8. The van der Waals surface area contributed by atoms with Gasteiger partial charge in [0.1, 0.15) is 5.82 Å². The first-order valence-corrected chi connectivity index (χ1v) is 6.51. The molecule has 6 nitrogen and oxygen atoms in total. The molecule has 1 heterocycles. The van der Waals surface area contributed by atoms with Crippen LogP contribution >= 0.6 is 15.9 Å². The molecule has 0 spiro atoms. The number of aromatic nitrogens is 1. The van der Waals surface area contributed by atoms with Crippen LogP contribution in [0.15, 0.2) is 45.8 Å². The van der Waals surface area contributed by atoms with E-state index in [1.807, 2.05) is 0 Å². The van der Waals surface area contributed by atoms with Crippen LogP contribution in [0.5, 0.6) is 0 Å². The zero-order chi connectivity index (χ0) is 15.6. The van der Waals surface area contributed by atoms with Gasteiger partial charge in [0.2, 0.25) is 0 Å². The average Bonchev–Trinajstić information content (AvgIpc) is 2.44. The minimum Gasteiger partial charge on any atom is -0.300 e. The van der Waals surface area contributed by atoms with E-state index in [1.54, 1.807) is 0 Å². The van der Waals surface area contributed by atoms with E-state index in [9.17, 15) is 24.1 Å². The first kappa shape index (κ1) is 15.0. The maximum Gasteiger partial charge on any atom is 0.286 e. The summed E-state index contributed by atoms with van der Waals surface area (Å²) in [5.41, 5.74) is -0.657. The minimum atomic E-state index is -0.664. The highest BCUT2D eigenvalue weighted by Gasteiger charge is 2.15. The highest BCUT2D eigenvalue weighted by Crippen LogP contribution is 2.14. The Bertz CT molecular complexity index is 771. The number of nitro groups is 1. The third-order valence-electron chi connectivity index (χ3n) is 2.72. The molecule has 1 aromatic carbocycles. The maximum absolute atomic E-state index is 12.8. The molecule has 108 valence electrons. The molecule has 0 atom stereocenters. The molecule has 0 aliphatic rings. The molecule has 8 heteroatoms. The normalized spacial score (nSPS) is 10.4. The average molecular weight is 355 g/mol. The third-order valence-corrected chi connectivity index (χ3v) is 3.29. The zero-order valence-corrected chi connectivity index (χ0v) is 12.0. The molecule has 0 radical (unpaired) electrons. The minimum absolute atomic E-state index is 0.0105. The second-order valence-electron chi connectivity index (χ2n) is 4.17. The molecule has 0 amide bonds. The van der Waals surface area contributed by atoms with Crippen molar-refractivity contribution in [2.45, 2.75) is 6.54 Å². The van der Waals surface area contributed by atoms with Crippen LogP contribution in [0, 0.1) is 15.9 Å². The second-order valence-corrected chi connectivity index (χ2v) is 5.02. The number of Topliss-reactive ketones (excluding diaryl/α,β-unsaturated/α-hetero) is 1. The van der Waals surface area contributed by atoms with Crippen LogP contribution < -0.4 is 5.56 Å². The summed E-state index contributed by atoms with van der Waals surface area (Å²) in [6, 6.07) is 5.89. The Kier molecular flexibility index (Phi) is 4.27. The summed E-state index contributed by atoms with van der Waals surface area (Å²) in [4.78, 5) is 33.9. The van der Waals surface area contributed by atoms with Crippen molar-refractivity contribution in [1.82, 2.24) is 4.57 Å². The number of hydrogen-bond donors (Lipinski definition) is 0. The van der Waals surface area contributed by atoms with Gasteiger partial charge in [-0.3, -0.25) is 24.3 Å². The fourth-order valence-corrected chi connectivity index (χ4v) is 2.15. The van der Waals surface area contributed by atoms with E-state index < -0.39 is 22.1 Å². The highest BCUT2D eigenvalue weighted by atomic mass is 79.9. The lowest BCUT2D eigenvalue weighted by atomic mass is 10.1. The summed E-state index contributed by atoms with van der Waals surface area (Å²) >= 11 is 2.92. The quantitative estimate of drug-likeness (QED) is 0.479. The largest absolute Gasteiger partial charge is 0.300 e. The van der Waals surface area contributed by atoms with E-state index in [4.69, 9.17) is 0 Å². The molecule has 2 aromatic rings. The Hall–Kier alpha value is -2.35. The number of ketones is 1. The summed E-state index contributed by atoms with van der Waals surface area (Å²) in [7, 11) is 0. The summed E-state index contributed by atoms with van der Waals surface area (Å²) in [5.74, 6) is -0.939. The van der Waals surface area contributed by atoms with E-state index in [0.29, 0.717) is 0 Å². The van der Waals surface area contributed by atoms with Crippen molar-refractivity contribution in [3.8, 4) is 0 Å². The van der Waals surface area contributed by atoms with Crippen LogP contribution in [0.1, 0.15) is 10.4 Å². The number of benzene rings is 1. The van der Waals surface area contributed by atoms with Crippen molar-refractivity contribution >= 4 is 27.4 Å². The predicted molar refractivity (Wildman–Crippen MR) is 75.8 cm³/mol. The summed E-state index contributed by atoms with van der Waals surface area (Å²) in [5, 5.41) is 10.8. The molecule has 0 aliphatic heterocycles. The Morgan fingerprint density at radius 1 is 1.33 bits per heavy atom. The second kappa shape index (κ2) is 5.96. The molecule has 21 heavy (non-hydrogen) atoms. The molecule has 0 aliphatic carbocycles. The third kappa shape index (κ3) is 3.40. The fraction of sp³-hybridized carbons (Fsp3) is 0.0769. The van der Waals surface area contributed by atoms with E-state index in [2.05, 4.69) is 15.9 Å². The van der Waals surface area contributed by atoms with Gasteiger partial charge in [0.05, 0.1) is 22.1 Å². The number of pyridine rings is 1. The van der Waals surface area contributed by atoms with Crippen molar-refractivity contribution in [2.24, 2.45) is 0 Å². The Morgan fingerprint density at radius 2 is 1.95 bits per heavy atom. The number of rotatable bonds is 4. The molecular formula is C13H8BrFN2O4. The summed E-state index contributed by atoms with van der Waals surface area (Å²) in [6.07, 6.45) is 0.995. The van der Waals surface area contributed by atoms with Gasteiger partial charge in [-0.25, -0.2) is 4.39 Å². The first-order chi connectivity index (χ1) is 9.88. The molecule has 0 N–H and O–H groups in total. The van der Waals surface area contributed by atoms with Crippen molar-refractivity contribution in [2.75, 3.05) is 0 Å². The lowest BCUT2D eigenvalue weighted by Gasteiger charge is -2.06. The molecule has 0 bridgehead atoms. The number of nitrogens with zero attached hydrogens (tertiary/aromatic N) is 2. The van der Waals surface area contributed by atoms with Gasteiger partial charge in [0.15, 0.2) is 5.78 Å². The van der Waals surface area contributed by atoms with Gasteiger partial charge in [0, 0.05) is 11.6 Å². The number of carbonyl (C=O) groups excluding carboxylic acids is 1. The summed E-state index contributed by atoms with van der Waals surface area (Å²) < 4.78 is 13.7. The van der Waals surface area contributed by atoms with Gasteiger partial charge < -0.3 is 0 Å². The smallest absolute Gasteiger partial charge is 0.286 e. The van der Waals surface area contributed by atoms with Gasteiger partial charge in [-0.2, -0.15) is 0 Å². The predicted octanol–water partition coefficient (Wildman–Crippen LogP) is 2.54. The lowest BCUT2D eigenvalue weighted by Crippen LogP contribution is -2.24. The van der Waals surface area contributed by atoms with Crippen molar-refractivity contribution < 1.29 is 14.1 Å². The summed E-state index contributed by atoms with van der Waals surface area (Å²) in [6.45, 7) is -0.370. The van der Waals surface area contributed by atoms with E-state index in [0.717, 1.165) is 29.0 Å². The first-order valence-electron chi connectivity index (χ1n) is 5.71.